The molecular weight excluding hydrogens is 247 g/mol. The Hall–Kier alpha value is -0.560. The highest BCUT2D eigenvalue weighted by Gasteiger charge is 2.24. The van der Waals surface area contributed by atoms with E-state index in [9.17, 15) is 4.39 Å². The molecule has 1 aromatic carbocycles. The smallest absolute Gasteiger partial charge is 0.145 e. The molecule has 100 valence electrons. The molecule has 1 aromatic rings. The first-order valence-electron chi connectivity index (χ1n) is 7.08. The van der Waals surface area contributed by atoms with Crippen LogP contribution in [0.3, 0.4) is 0 Å². The second kappa shape index (κ2) is 6.06. The van der Waals surface area contributed by atoms with Crippen LogP contribution < -0.4 is 0 Å². The van der Waals surface area contributed by atoms with Crippen molar-refractivity contribution in [1.29, 1.82) is 0 Å². The van der Waals surface area contributed by atoms with Crippen LogP contribution in [-0.4, -0.2) is 0 Å². The maximum absolute atomic E-state index is 14.2. The van der Waals surface area contributed by atoms with Gasteiger partial charge in [0.15, 0.2) is 0 Å². The molecule has 2 heteroatoms. The Morgan fingerprint density at radius 3 is 2.50 bits per heavy atom. The molecule has 0 atom stereocenters. The van der Waals surface area contributed by atoms with Crippen molar-refractivity contribution in [2.24, 2.45) is 5.92 Å². The van der Waals surface area contributed by atoms with Crippen molar-refractivity contribution < 1.29 is 4.39 Å². The molecule has 0 radical (unpaired) electrons. The fourth-order valence-electron chi connectivity index (χ4n) is 3.15. The minimum atomic E-state index is -0.185. The third-order valence-corrected chi connectivity index (χ3v) is 4.75. The Kier molecular flexibility index (Phi) is 4.66. The average Bonchev–Trinajstić information content (AvgIpc) is 2.38. The molecule has 18 heavy (non-hydrogen) atoms. The van der Waals surface area contributed by atoms with Gasteiger partial charge in [0.1, 0.15) is 5.82 Å². The maximum Gasteiger partial charge on any atom is 0.145 e. The van der Waals surface area contributed by atoms with Gasteiger partial charge < -0.3 is 0 Å². The number of hydrogen-bond acceptors (Lipinski definition) is 0. The Bertz CT molecular complexity index is 406. The third-order valence-electron chi connectivity index (χ3n) is 4.29. The normalized spacial score (nSPS) is 24.2. The predicted molar refractivity (Wildman–Crippen MR) is 75.8 cm³/mol. The van der Waals surface area contributed by atoms with Crippen LogP contribution in [0.4, 0.5) is 4.39 Å². The Balaban J connectivity index is 2.08. The van der Waals surface area contributed by atoms with E-state index in [2.05, 4.69) is 6.92 Å². The Morgan fingerprint density at radius 2 is 1.89 bits per heavy atom. The zero-order chi connectivity index (χ0) is 13.1. The van der Waals surface area contributed by atoms with Crippen molar-refractivity contribution in [2.45, 2.75) is 58.3 Å². The summed E-state index contributed by atoms with van der Waals surface area (Å²) in [6.45, 7) is 4.10. The second-order valence-corrected chi connectivity index (χ2v) is 5.98. The molecule has 1 aliphatic rings. The van der Waals surface area contributed by atoms with Gasteiger partial charge >= 0.3 is 0 Å². The van der Waals surface area contributed by atoms with Gasteiger partial charge in [-0.05, 0) is 55.6 Å². The van der Waals surface area contributed by atoms with Crippen molar-refractivity contribution in [3.8, 4) is 0 Å². The van der Waals surface area contributed by atoms with Gasteiger partial charge in [-0.25, -0.2) is 4.39 Å². The van der Waals surface area contributed by atoms with Crippen LogP contribution in [-0.2, 0) is 0 Å². The van der Waals surface area contributed by atoms with Gasteiger partial charge in [-0.2, -0.15) is 0 Å². The largest absolute Gasteiger partial charge is 0.205 e. The van der Waals surface area contributed by atoms with E-state index in [0.717, 1.165) is 29.9 Å². The van der Waals surface area contributed by atoms with Gasteiger partial charge in [0.05, 0.1) is 5.02 Å². The van der Waals surface area contributed by atoms with E-state index in [1.807, 2.05) is 19.1 Å². The number of aryl methyl sites for hydroxylation is 1. The molecule has 0 aliphatic heterocycles. The minimum absolute atomic E-state index is 0.185. The van der Waals surface area contributed by atoms with Crippen LogP contribution in [0.1, 0.15) is 62.5 Å². The molecule has 0 heterocycles. The van der Waals surface area contributed by atoms with Crippen molar-refractivity contribution in [2.75, 3.05) is 0 Å². The van der Waals surface area contributed by atoms with Crippen LogP contribution in [0.5, 0.6) is 0 Å². The van der Waals surface area contributed by atoms with E-state index in [-0.39, 0.29) is 5.82 Å². The summed E-state index contributed by atoms with van der Waals surface area (Å²) in [6, 6.07) is 3.88. The van der Waals surface area contributed by atoms with Gasteiger partial charge in [0, 0.05) is 0 Å². The lowest BCUT2D eigenvalue weighted by atomic mass is 9.77. The molecule has 0 aromatic heterocycles. The molecule has 0 bridgehead atoms. The Labute approximate surface area is 115 Å². The van der Waals surface area contributed by atoms with E-state index in [1.165, 1.54) is 25.7 Å². The summed E-state index contributed by atoms with van der Waals surface area (Å²) >= 11 is 6.01. The molecule has 1 aliphatic carbocycles. The first-order chi connectivity index (χ1) is 8.63. The molecule has 0 spiro atoms. The highest BCUT2D eigenvalue weighted by Crippen LogP contribution is 2.39. The average molecular weight is 269 g/mol. The summed E-state index contributed by atoms with van der Waals surface area (Å²) in [6.07, 6.45) is 7.29. The molecule has 0 nitrogen and oxygen atoms in total. The van der Waals surface area contributed by atoms with Crippen LogP contribution in [0.2, 0.25) is 5.02 Å². The van der Waals surface area contributed by atoms with E-state index < -0.39 is 0 Å². The van der Waals surface area contributed by atoms with Gasteiger partial charge in [-0.15, -0.1) is 0 Å². The number of halogens is 2. The number of rotatable bonds is 3. The van der Waals surface area contributed by atoms with Gasteiger partial charge in [-0.1, -0.05) is 43.5 Å². The van der Waals surface area contributed by atoms with Gasteiger partial charge in [0.2, 0.25) is 0 Å². The predicted octanol–water partition coefficient (Wildman–Crippen LogP) is 5.86. The molecule has 0 saturated heterocycles. The lowest BCUT2D eigenvalue weighted by Crippen LogP contribution is -2.14. The molecule has 1 fully saturated rings. The summed E-state index contributed by atoms with van der Waals surface area (Å²) < 4.78 is 14.2. The van der Waals surface area contributed by atoms with E-state index >= 15 is 0 Å². The SMILES string of the molecule is CCCC1CCC(c2ccc(C)c(Cl)c2F)CC1. The fourth-order valence-corrected chi connectivity index (χ4v) is 3.32. The van der Waals surface area contributed by atoms with Gasteiger partial charge in [-0.3, -0.25) is 0 Å². The van der Waals surface area contributed by atoms with Crippen LogP contribution >= 0.6 is 11.6 Å². The van der Waals surface area contributed by atoms with Crippen molar-refractivity contribution >= 4 is 11.6 Å². The Morgan fingerprint density at radius 1 is 1.22 bits per heavy atom. The fraction of sp³-hybridized carbons (Fsp3) is 0.625. The molecular formula is C16H22ClF. The van der Waals surface area contributed by atoms with Gasteiger partial charge in [0.25, 0.3) is 0 Å². The number of benzene rings is 1. The summed E-state index contributed by atoms with van der Waals surface area (Å²) in [4.78, 5) is 0. The summed E-state index contributed by atoms with van der Waals surface area (Å²) in [5.74, 6) is 1.04. The summed E-state index contributed by atoms with van der Waals surface area (Å²) in [5.41, 5.74) is 1.66. The number of hydrogen-bond donors (Lipinski definition) is 0. The summed E-state index contributed by atoms with van der Waals surface area (Å²) in [7, 11) is 0. The lowest BCUT2D eigenvalue weighted by molar-refractivity contribution is 0.304. The first kappa shape index (κ1) is 13.9. The minimum Gasteiger partial charge on any atom is -0.205 e. The quantitative estimate of drug-likeness (QED) is 0.644. The lowest BCUT2D eigenvalue weighted by Gasteiger charge is -2.29. The summed E-state index contributed by atoms with van der Waals surface area (Å²) in [5, 5.41) is 0.309. The monoisotopic (exact) mass is 268 g/mol. The standard InChI is InChI=1S/C16H22ClF/c1-3-4-12-6-8-13(9-7-12)14-10-5-11(2)15(17)16(14)18/h5,10,12-13H,3-4,6-9H2,1-2H3. The van der Waals surface area contributed by atoms with Crippen LogP contribution in [0, 0.1) is 18.7 Å². The zero-order valence-corrected chi connectivity index (χ0v) is 12.1. The van der Waals surface area contributed by atoms with Crippen molar-refractivity contribution in [3.63, 3.8) is 0 Å². The highest BCUT2D eigenvalue weighted by atomic mass is 35.5. The van der Waals surface area contributed by atoms with Crippen LogP contribution in [0.25, 0.3) is 0 Å². The second-order valence-electron chi connectivity index (χ2n) is 5.61. The van der Waals surface area contributed by atoms with Crippen molar-refractivity contribution in [3.05, 3.63) is 34.1 Å². The van der Waals surface area contributed by atoms with E-state index in [0.29, 0.717) is 10.9 Å². The molecule has 0 N–H and O–H groups in total. The topological polar surface area (TPSA) is 0 Å². The molecule has 0 unspecified atom stereocenters. The van der Waals surface area contributed by atoms with Crippen molar-refractivity contribution in [1.82, 2.24) is 0 Å². The molecule has 0 amide bonds. The van der Waals surface area contributed by atoms with E-state index in [1.54, 1.807) is 0 Å². The molecule has 1 saturated carbocycles. The zero-order valence-electron chi connectivity index (χ0n) is 11.3. The highest BCUT2D eigenvalue weighted by molar-refractivity contribution is 6.31. The molecule has 2 rings (SSSR count). The third kappa shape index (κ3) is 2.88. The maximum atomic E-state index is 14.2. The van der Waals surface area contributed by atoms with E-state index in [4.69, 9.17) is 11.6 Å². The van der Waals surface area contributed by atoms with Crippen LogP contribution in [0.15, 0.2) is 12.1 Å². The first-order valence-corrected chi connectivity index (χ1v) is 7.45.